The largest absolute Gasteiger partial charge is 0.444 e. The first kappa shape index (κ1) is 20.0. The van der Waals surface area contributed by atoms with Crippen LogP contribution in [0.4, 0.5) is 16.2 Å². The van der Waals surface area contributed by atoms with E-state index in [2.05, 4.69) is 10.6 Å². The van der Waals surface area contributed by atoms with Gasteiger partial charge in [-0.1, -0.05) is 0 Å². The Labute approximate surface area is 153 Å². The fraction of sp³-hybridized carbons (Fsp3) is 0.611. The van der Waals surface area contributed by atoms with Crippen LogP contribution in [0.5, 0.6) is 0 Å². The number of anilines is 1. The molecule has 0 heterocycles. The minimum atomic E-state index is -0.528. The number of alkyl carbamates (subject to hydrolysis) is 1. The van der Waals surface area contributed by atoms with Crippen molar-refractivity contribution in [2.45, 2.75) is 70.7 Å². The van der Waals surface area contributed by atoms with Gasteiger partial charge in [-0.25, -0.2) is 4.79 Å². The molecule has 3 N–H and O–H groups in total. The molecule has 0 unspecified atom stereocenters. The van der Waals surface area contributed by atoms with E-state index in [4.69, 9.17) is 4.74 Å². The lowest BCUT2D eigenvalue weighted by molar-refractivity contribution is -0.384. The number of hydrogen-bond donors (Lipinski definition) is 3. The summed E-state index contributed by atoms with van der Waals surface area (Å²) in [6.45, 7) is 5.29. The maximum Gasteiger partial charge on any atom is 0.407 e. The Balaban J connectivity index is 1.91. The lowest BCUT2D eigenvalue weighted by Gasteiger charge is -2.31. The molecule has 0 aliphatic heterocycles. The number of nitro benzene ring substituents is 1. The third-order valence-electron chi connectivity index (χ3n) is 4.25. The van der Waals surface area contributed by atoms with Crippen LogP contribution in [0.2, 0.25) is 0 Å². The van der Waals surface area contributed by atoms with Crippen LogP contribution in [-0.4, -0.2) is 33.8 Å². The molecule has 1 aliphatic rings. The van der Waals surface area contributed by atoms with E-state index >= 15 is 0 Å². The monoisotopic (exact) mass is 365 g/mol. The molecule has 0 radical (unpaired) electrons. The topological polar surface area (TPSA) is 114 Å². The molecule has 8 nitrogen and oxygen atoms in total. The molecule has 0 saturated heterocycles. The average Bonchev–Trinajstić information content (AvgIpc) is 2.54. The molecule has 26 heavy (non-hydrogen) atoms. The highest BCUT2D eigenvalue weighted by Crippen LogP contribution is 2.29. The number of nitrogens with zero attached hydrogens (tertiary/aromatic N) is 1. The quantitative estimate of drug-likeness (QED) is 0.545. The third-order valence-corrected chi connectivity index (χ3v) is 4.25. The summed E-state index contributed by atoms with van der Waals surface area (Å²) in [4.78, 5) is 22.6. The number of aliphatic hydroxyl groups excluding tert-OH is 1. The minimum absolute atomic E-state index is 0.00352. The van der Waals surface area contributed by atoms with Crippen LogP contribution in [-0.2, 0) is 11.3 Å². The zero-order chi connectivity index (χ0) is 19.3. The Hall–Kier alpha value is -2.35. The van der Waals surface area contributed by atoms with Gasteiger partial charge >= 0.3 is 6.09 Å². The molecule has 0 spiro atoms. The van der Waals surface area contributed by atoms with Crippen molar-refractivity contribution >= 4 is 17.5 Å². The minimum Gasteiger partial charge on any atom is -0.444 e. The number of aliphatic hydroxyl groups is 1. The number of carbonyl (C=O) groups excluding carboxylic acids is 1. The molecule has 1 aromatic rings. The van der Waals surface area contributed by atoms with Gasteiger partial charge in [-0.3, -0.25) is 10.1 Å². The second-order valence-corrected chi connectivity index (χ2v) is 7.61. The van der Waals surface area contributed by atoms with E-state index in [1.165, 1.54) is 6.07 Å². The van der Waals surface area contributed by atoms with Gasteiger partial charge in [0.15, 0.2) is 0 Å². The van der Waals surface area contributed by atoms with Crippen molar-refractivity contribution in [2.75, 3.05) is 5.32 Å². The Morgan fingerprint density at radius 2 is 1.88 bits per heavy atom. The number of nitrogens with one attached hydrogen (secondary N) is 2. The van der Waals surface area contributed by atoms with Gasteiger partial charge in [0.1, 0.15) is 11.3 Å². The molecule has 2 rings (SSSR count). The number of benzene rings is 1. The molecule has 0 aromatic heterocycles. The summed E-state index contributed by atoms with van der Waals surface area (Å²) < 4.78 is 5.27. The van der Waals surface area contributed by atoms with Gasteiger partial charge in [0.25, 0.3) is 5.69 Å². The fourth-order valence-electron chi connectivity index (χ4n) is 3.03. The van der Waals surface area contributed by atoms with Gasteiger partial charge in [-0.2, -0.15) is 0 Å². The van der Waals surface area contributed by atoms with E-state index in [-0.39, 0.29) is 24.4 Å². The maximum atomic E-state index is 11.8. The molecule has 1 saturated carbocycles. The molecule has 8 heteroatoms. The van der Waals surface area contributed by atoms with Crippen LogP contribution in [0, 0.1) is 10.1 Å². The maximum absolute atomic E-state index is 11.8. The standard InChI is InChI=1S/C18H27N3O5/c1-18(2,3)26-17(23)20-14-7-5-13(6-8-14)19-15-10-12(11-22)4-9-16(15)21(24)25/h4,9-10,13-14,19,22H,5-8,11H2,1-3H3,(H,20,23). The first-order valence-electron chi connectivity index (χ1n) is 8.82. The van der Waals surface area contributed by atoms with Crippen LogP contribution >= 0.6 is 0 Å². The fourth-order valence-corrected chi connectivity index (χ4v) is 3.03. The van der Waals surface area contributed by atoms with E-state index in [1.807, 2.05) is 20.8 Å². The number of carbonyl (C=O) groups is 1. The summed E-state index contributed by atoms with van der Waals surface area (Å²) in [5.41, 5.74) is 0.513. The predicted molar refractivity (Wildman–Crippen MR) is 98.1 cm³/mol. The smallest absolute Gasteiger partial charge is 0.407 e. The lowest BCUT2D eigenvalue weighted by atomic mass is 9.91. The van der Waals surface area contributed by atoms with Crippen molar-refractivity contribution in [3.8, 4) is 0 Å². The Kier molecular flexibility index (Phi) is 6.42. The second kappa shape index (κ2) is 8.35. The molecule has 1 fully saturated rings. The van der Waals surface area contributed by atoms with Crippen LogP contribution in [0.3, 0.4) is 0 Å². The molecular weight excluding hydrogens is 338 g/mol. The summed E-state index contributed by atoms with van der Waals surface area (Å²) >= 11 is 0. The van der Waals surface area contributed by atoms with Crippen LogP contribution in [0.1, 0.15) is 52.0 Å². The van der Waals surface area contributed by atoms with E-state index in [0.717, 1.165) is 25.7 Å². The highest BCUT2D eigenvalue weighted by molar-refractivity contribution is 5.68. The molecule has 0 bridgehead atoms. The summed E-state index contributed by atoms with van der Waals surface area (Å²) in [6, 6.07) is 4.69. The Morgan fingerprint density at radius 1 is 1.27 bits per heavy atom. The van der Waals surface area contributed by atoms with E-state index in [1.54, 1.807) is 12.1 Å². The van der Waals surface area contributed by atoms with Gasteiger partial charge in [0.05, 0.1) is 11.5 Å². The number of hydrogen-bond acceptors (Lipinski definition) is 6. The number of ether oxygens (including phenoxy) is 1. The SMILES string of the molecule is CC(C)(C)OC(=O)NC1CCC(Nc2cc(CO)ccc2[N+](=O)[O-])CC1. The number of nitro groups is 1. The summed E-state index contributed by atoms with van der Waals surface area (Å²) in [7, 11) is 0. The highest BCUT2D eigenvalue weighted by atomic mass is 16.6. The van der Waals surface area contributed by atoms with Gasteiger partial charge in [-0.05, 0) is 64.2 Å². The van der Waals surface area contributed by atoms with Crippen molar-refractivity contribution < 1.29 is 19.6 Å². The van der Waals surface area contributed by atoms with E-state index < -0.39 is 16.6 Å². The lowest BCUT2D eigenvalue weighted by Crippen LogP contribution is -2.42. The normalized spacial score (nSPS) is 20.3. The molecule has 0 atom stereocenters. The highest BCUT2D eigenvalue weighted by Gasteiger charge is 2.26. The Morgan fingerprint density at radius 3 is 2.42 bits per heavy atom. The van der Waals surface area contributed by atoms with Gasteiger partial charge in [0, 0.05) is 18.2 Å². The Bertz CT molecular complexity index is 649. The predicted octanol–water partition coefficient (Wildman–Crippen LogP) is 3.33. The number of rotatable bonds is 5. The first-order chi connectivity index (χ1) is 12.2. The summed E-state index contributed by atoms with van der Waals surface area (Å²) in [6.07, 6.45) is 2.68. The van der Waals surface area contributed by atoms with Gasteiger partial charge < -0.3 is 20.5 Å². The molecule has 1 amide bonds. The third kappa shape index (κ3) is 5.87. The van der Waals surface area contributed by atoms with Crippen molar-refractivity contribution in [2.24, 2.45) is 0 Å². The second-order valence-electron chi connectivity index (χ2n) is 7.61. The molecular formula is C18H27N3O5. The van der Waals surface area contributed by atoms with Crippen LogP contribution in [0.25, 0.3) is 0 Å². The van der Waals surface area contributed by atoms with E-state index in [0.29, 0.717) is 11.3 Å². The molecule has 1 aromatic carbocycles. The molecule has 144 valence electrons. The summed E-state index contributed by atoms with van der Waals surface area (Å²) in [5.74, 6) is 0. The van der Waals surface area contributed by atoms with Crippen molar-refractivity contribution in [3.63, 3.8) is 0 Å². The van der Waals surface area contributed by atoms with Crippen molar-refractivity contribution in [1.29, 1.82) is 0 Å². The zero-order valence-electron chi connectivity index (χ0n) is 15.4. The van der Waals surface area contributed by atoms with Gasteiger partial charge in [0.2, 0.25) is 0 Å². The summed E-state index contributed by atoms with van der Waals surface area (Å²) in [5, 5.41) is 26.5. The van der Waals surface area contributed by atoms with E-state index in [9.17, 15) is 20.0 Å². The zero-order valence-corrected chi connectivity index (χ0v) is 15.4. The first-order valence-corrected chi connectivity index (χ1v) is 8.82. The van der Waals surface area contributed by atoms with Crippen molar-refractivity contribution in [3.05, 3.63) is 33.9 Å². The molecule has 1 aliphatic carbocycles. The van der Waals surface area contributed by atoms with Crippen molar-refractivity contribution in [1.82, 2.24) is 5.32 Å². The average molecular weight is 365 g/mol. The van der Waals surface area contributed by atoms with Crippen LogP contribution < -0.4 is 10.6 Å². The van der Waals surface area contributed by atoms with Gasteiger partial charge in [-0.15, -0.1) is 0 Å². The number of amides is 1. The van der Waals surface area contributed by atoms with Crippen LogP contribution in [0.15, 0.2) is 18.2 Å².